The van der Waals surface area contributed by atoms with Crippen molar-refractivity contribution >= 4 is 37.9 Å². The smallest absolute Gasteiger partial charge is 0.322 e. The Morgan fingerprint density at radius 3 is 2.47 bits per heavy atom. The zero-order chi connectivity index (χ0) is 24.6. The Bertz CT molecular complexity index is 1500. The van der Waals surface area contributed by atoms with Crippen molar-refractivity contribution < 1.29 is 32.2 Å². The largest absolute Gasteiger partial charge is 0.480 e. The molecule has 1 atom stereocenters. The molecule has 0 unspecified atom stereocenters. The number of carboxylic acids is 1. The number of nitrogens with one attached hydrogen (secondary N) is 1. The molecule has 2 N–H and O–H groups in total. The van der Waals surface area contributed by atoms with E-state index in [0.717, 1.165) is 5.56 Å². The van der Waals surface area contributed by atoms with Crippen molar-refractivity contribution in [3.8, 4) is 23.0 Å². The van der Waals surface area contributed by atoms with Crippen molar-refractivity contribution in [3.05, 3.63) is 42.6 Å². The lowest BCUT2D eigenvalue weighted by atomic mass is 10.1. The molecule has 0 aliphatic carbocycles. The van der Waals surface area contributed by atoms with Gasteiger partial charge in [-0.3, -0.25) is 4.79 Å². The molecule has 0 aliphatic heterocycles. The maximum Gasteiger partial charge on any atom is 0.322 e. The minimum absolute atomic E-state index is 0.0519. The lowest BCUT2D eigenvalue weighted by Crippen LogP contribution is -2.44. The number of aliphatic carboxylic acids is 1. The van der Waals surface area contributed by atoms with E-state index in [-0.39, 0.29) is 10.9 Å². The highest BCUT2D eigenvalue weighted by Gasteiger charge is 2.28. The first-order chi connectivity index (χ1) is 16.1. The predicted octanol–water partition coefficient (Wildman–Crippen LogP) is 3.45. The van der Waals surface area contributed by atoms with E-state index in [9.17, 15) is 18.3 Å². The van der Waals surface area contributed by atoms with Gasteiger partial charge in [-0.1, -0.05) is 19.9 Å². The minimum Gasteiger partial charge on any atom is -0.480 e. The molecule has 10 nitrogen and oxygen atoms in total. The van der Waals surface area contributed by atoms with Crippen molar-refractivity contribution in [3.63, 3.8) is 0 Å². The van der Waals surface area contributed by atoms with Crippen LogP contribution >= 0.6 is 0 Å². The number of ether oxygens (including phenoxy) is 2. The number of benzene rings is 2. The lowest BCUT2D eigenvalue weighted by Gasteiger charge is -2.17. The number of carboxylic acid groups (broad SMARTS) is 1. The van der Waals surface area contributed by atoms with Gasteiger partial charge in [0.2, 0.25) is 15.9 Å². The van der Waals surface area contributed by atoms with Gasteiger partial charge < -0.3 is 19.0 Å². The number of carbonyl (C=O) groups is 1. The van der Waals surface area contributed by atoms with Gasteiger partial charge in [-0.15, -0.1) is 0 Å². The Hall–Kier alpha value is -3.70. The van der Waals surface area contributed by atoms with E-state index >= 15 is 0 Å². The molecule has 4 aromatic rings. The summed E-state index contributed by atoms with van der Waals surface area (Å²) in [6.07, 6.45) is 1.58. The number of furan rings is 1. The molecular weight excluding hydrogens is 462 g/mol. The van der Waals surface area contributed by atoms with Crippen molar-refractivity contribution in [1.29, 1.82) is 0 Å². The molecule has 2 aromatic carbocycles. The van der Waals surface area contributed by atoms with E-state index < -0.39 is 28.0 Å². The van der Waals surface area contributed by atoms with Crippen LogP contribution in [0.3, 0.4) is 0 Å². The fraction of sp³-hybridized carbons (Fsp3) is 0.261. The van der Waals surface area contributed by atoms with Crippen LogP contribution < -0.4 is 14.2 Å². The van der Waals surface area contributed by atoms with Crippen LogP contribution in [-0.2, 0) is 14.8 Å². The van der Waals surface area contributed by atoms with E-state index in [4.69, 9.17) is 13.9 Å². The Labute approximate surface area is 195 Å². The zero-order valence-electron chi connectivity index (χ0n) is 18.9. The summed E-state index contributed by atoms with van der Waals surface area (Å²) in [5, 5.41) is 10.6. The van der Waals surface area contributed by atoms with Gasteiger partial charge in [-0.25, -0.2) is 13.4 Å². The molecule has 0 spiro atoms. The highest BCUT2D eigenvalue weighted by Crippen LogP contribution is 2.35. The van der Waals surface area contributed by atoms with Gasteiger partial charge in [-0.2, -0.15) is 9.71 Å². The number of rotatable bonds is 8. The topological polar surface area (TPSA) is 141 Å². The standard InChI is InChI=1S/C23H23N3O7S/c1-12(2)20(22(27)28)26-34(29,30)14-6-8-18-16(10-14)15-7-5-13(9-19(15)33-18)17-11-24-23(32-4)25-21(17)31-3/h5-12,20,26H,1-4H3,(H,27,28)/t20-/m1/s1. The van der Waals surface area contributed by atoms with Crippen LogP contribution in [0.4, 0.5) is 0 Å². The monoisotopic (exact) mass is 485 g/mol. The van der Waals surface area contributed by atoms with E-state index in [1.807, 2.05) is 6.07 Å². The zero-order valence-corrected chi connectivity index (χ0v) is 19.7. The predicted molar refractivity (Wildman–Crippen MR) is 124 cm³/mol. The molecule has 2 aromatic heterocycles. The number of hydrogen-bond donors (Lipinski definition) is 2. The molecule has 0 saturated carbocycles. The first-order valence-corrected chi connectivity index (χ1v) is 11.8. The highest BCUT2D eigenvalue weighted by atomic mass is 32.2. The number of aromatic nitrogens is 2. The third-order valence-corrected chi connectivity index (χ3v) is 6.83. The third-order valence-electron chi connectivity index (χ3n) is 5.39. The molecule has 0 radical (unpaired) electrons. The molecule has 2 heterocycles. The molecule has 0 amide bonds. The summed E-state index contributed by atoms with van der Waals surface area (Å²) in [5.74, 6) is -1.33. The van der Waals surface area contributed by atoms with Crippen LogP contribution in [0.15, 0.2) is 51.9 Å². The molecule has 0 fully saturated rings. The van der Waals surface area contributed by atoms with Gasteiger partial charge in [0, 0.05) is 17.0 Å². The maximum atomic E-state index is 12.9. The average Bonchev–Trinajstić information content (AvgIpc) is 3.18. The number of nitrogens with zero attached hydrogens (tertiary/aromatic N) is 2. The minimum atomic E-state index is -4.07. The summed E-state index contributed by atoms with van der Waals surface area (Å²) in [6, 6.07) is 8.75. The van der Waals surface area contributed by atoms with Crippen molar-refractivity contribution in [2.75, 3.05) is 14.2 Å². The molecule has 4 rings (SSSR count). The lowest BCUT2D eigenvalue weighted by molar-refractivity contribution is -0.140. The summed E-state index contributed by atoms with van der Waals surface area (Å²) < 4.78 is 44.3. The molecule has 34 heavy (non-hydrogen) atoms. The quantitative estimate of drug-likeness (QED) is 0.384. The molecule has 0 bridgehead atoms. The first-order valence-electron chi connectivity index (χ1n) is 10.3. The Balaban J connectivity index is 1.77. The van der Waals surface area contributed by atoms with Crippen LogP contribution in [0.1, 0.15) is 13.8 Å². The highest BCUT2D eigenvalue weighted by molar-refractivity contribution is 7.89. The Morgan fingerprint density at radius 2 is 1.82 bits per heavy atom. The molecule has 178 valence electrons. The normalized spacial score (nSPS) is 12.9. The molecule has 11 heteroatoms. The number of sulfonamides is 1. The van der Waals surface area contributed by atoms with Gasteiger partial charge in [0.05, 0.1) is 24.7 Å². The van der Waals surface area contributed by atoms with Crippen molar-refractivity contribution in [2.45, 2.75) is 24.8 Å². The second kappa shape index (κ2) is 8.92. The first kappa shape index (κ1) is 23.5. The van der Waals surface area contributed by atoms with E-state index in [1.165, 1.54) is 26.4 Å². The van der Waals surface area contributed by atoms with Crippen LogP contribution in [0, 0.1) is 5.92 Å². The number of fused-ring (bicyclic) bond motifs is 3. The molecule has 0 aliphatic rings. The fourth-order valence-corrected chi connectivity index (χ4v) is 4.96. The van der Waals surface area contributed by atoms with Gasteiger partial charge in [-0.05, 0) is 41.8 Å². The number of hydrogen-bond acceptors (Lipinski definition) is 8. The van der Waals surface area contributed by atoms with Gasteiger partial charge in [0.1, 0.15) is 17.2 Å². The van der Waals surface area contributed by atoms with Crippen molar-refractivity contribution in [2.24, 2.45) is 5.92 Å². The average molecular weight is 486 g/mol. The SMILES string of the molecule is COc1ncc(-c2ccc3c(c2)oc2ccc(S(=O)(=O)N[C@@H](C(=O)O)C(C)C)cc23)c(OC)n1. The van der Waals surface area contributed by atoms with Crippen LogP contribution in [-0.4, -0.2) is 49.7 Å². The maximum absolute atomic E-state index is 12.9. The summed E-state index contributed by atoms with van der Waals surface area (Å²) in [4.78, 5) is 19.7. The second-order valence-electron chi connectivity index (χ2n) is 7.93. The van der Waals surface area contributed by atoms with Gasteiger partial charge >= 0.3 is 12.0 Å². The van der Waals surface area contributed by atoms with Crippen LogP contribution in [0.2, 0.25) is 0 Å². The van der Waals surface area contributed by atoms with E-state index in [1.54, 1.807) is 38.2 Å². The van der Waals surface area contributed by atoms with E-state index in [0.29, 0.717) is 33.4 Å². The Morgan fingerprint density at radius 1 is 1.06 bits per heavy atom. The number of methoxy groups -OCH3 is 2. The summed E-state index contributed by atoms with van der Waals surface area (Å²) >= 11 is 0. The van der Waals surface area contributed by atoms with Crippen LogP contribution in [0.25, 0.3) is 33.1 Å². The molecule has 0 saturated heterocycles. The summed E-state index contributed by atoms with van der Waals surface area (Å²) in [6.45, 7) is 3.27. The van der Waals surface area contributed by atoms with Crippen LogP contribution in [0.5, 0.6) is 11.9 Å². The van der Waals surface area contributed by atoms with E-state index in [2.05, 4.69) is 14.7 Å². The van der Waals surface area contributed by atoms with Crippen molar-refractivity contribution in [1.82, 2.24) is 14.7 Å². The molecular formula is C23H23N3O7S. The fourth-order valence-electron chi connectivity index (χ4n) is 3.60. The third kappa shape index (κ3) is 4.27. The summed E-state index contributed by atoms with van der Waals surface area (Å²) in [5.41, 5.74) is 2.38. The van der Waals surface area contributed by atoms with Gasteiger partial charge in [0.15, 0.2) is 0 Å². The van der Waals surface area contributed by atoms with Gasteiger partial charge in [0.25, 0.3) is 0 Å². The second-order valence-corrected chi connectivity index (χ2v) is 9.65. The Kier molecular flexibility index (Phi) is 6.15. The summed E-state index contributed by atoms with van der Waals surface area (Å²) in [7, 11) is -1.11.